The van der Waals surface area contributed by atoms with Gasteiger partial charge in [0.2, 0.25) is 0 Å². The van der Waals surface area contributed by atoms with Crippen molar-refractivity contribution >= 4 is 23.1 Å². The number of hydrogen-bond donors (Lipinski definition) is 1. The fourth-order valence-corrected chi connectivity index (χ4v) is 4.14. The van der Waals surface area contributed by atoms with Gasteiger partial charge in [-0.05, 0) is 12.1 Å². The summed E-state index contributed by atoms with van der Waals surface area (Å²) in [6.45, 7) is 1.24. The number of methoxy groups -OCH3 is 1. The molecule has 6 heteroatoms. The van der Waals surface area contributed by atoms with Crippen LogP contribution in [0.15, 0.2) is 54.6 Å². The number of aromatic nitrogens is 1. The molecule has 0 saturated heterocycles. The summed E-state index contributed by atoms with van der Waals surface area (Å²) in [6, 6.07) is 17.5. The fourth-order valence-electron chi connectivity index (χ4n) is 3.02. The summed E-state index contributed by atoms with van der Waals surface area (Å²) >= 11 is 1.67. The van der Waals surface area contributed by atoms with E-state index in [0.29, 0.717) is 24.5 Å². The number of rotatable bonds is 3. The van der Waals surface area contributed by atoms with Crippen molar-refractivity contribution in [3.8, 4) is 16.3 Å². The average Bonchev–Trinajstić information content (AvgIpc) is 3.12. The lowest BCUT2D eigenvalue weighted by Gasteiger charge is -2.26. The predicted octanol–water partition coefficient (Wildman–Crippen LogP) is 4.41. The van der Waals surface area contributed by atoms with Gasteiger partial charge in [0, 0.05) is 23.4 Å². The first kappa shape index (κ1) is 16.6. The summed E-state index contributed by atoms with van der Waals surface area (Å²) in [5.74, 6) is 0.655. The molecule has 0 bridgehead atoms. The third-order valence-corrected chi connectivity index (χ3v) is 5.52. The Morgan fingerprint density at radius 3 is 2.73 bits per heavy atom. The van der Waals surface area contributed by atoms with Crippen LogP contribution >= 0.6 is 11.3 Å². The number of urea groups is 1. The second-order valence-corrected chi connectivity index (χ2v) is 7.14. The summed E-state index contributed by atoms with van der Waals surface area (Å²) in [4.78, 5) is 20.4. The molecule has 26 heavy (non-hydrogen) atoms. The van der Waals surface area contributed by atoms with Crippen LogP contribution < -0.4 is 10.1 Å². The zero-order valence-electron chi connectivity index (χ0n) is 14.4. The summed E-state index contributed by atoms with van der Waals surface area (Å²) in [6.07, 6.45) is 0.776. The van der Waals surface area contributed by atoms with Gasteiger partial charge in [0.1, 0.15) is 10.8 Å². The molecule has 5 nitrogen and oxygen atoms in total. The minimum atomic E-state index is -0.116. The van der Waals surface area contributed by atoms with Crippen LogP contribution in [0.25, 0.3) is 10.6 Å². The van der Waals surface area contributed by atoms with Crippen LogP contribution in [0.5, 0.6) is 5.75 Å². The molecule has 0 atom stereocenters. The molecule has 3 aromatic rings. The molecule has 2 heterocycles. The number of nitrogens with zero attached hydrogens (tertiary/aromatic N) is 2. The van der Waals surface area contributed by atoms with Crippen molar-refractivity contribution < 1.29 is 9.53 Å². The summed E-state index contributed by atoms with van der Waals surface area (Å²) in [7, 11) is 1.60. The highest BCUT2D eigenvalue weighted by atomic mass is 32.1. The molecule has 1 aliphatic rings. The second-order valence-electron chi connectivity index (χ2n) is 6.06. The van der Waals surface area contributed by atoms with Crippen molar-refractivity contribution in [2.24, 2.45) is 0 Å². The molecule has 2 aromatic carbocycles. The monoisotopic (exact) mass is 365 g/mol. The number of thiazole rings is 1. The van der Waals surface area contributed by atoms with Gasteiger partial charge in [0.05, 0.1) is 25.0 Å². The van der Waals surface area contributed by atoms with E-state index in [2.05, 4.69) is 17.4 Å². The Labute approximate surface area is 156 Å². The van der Waals surface area contributed by atoms with E-state index in [1.807, 2.05) is 47.4 Å². The van der Waals surface area contributed by atoms with Crippen molar-refractivity contribution in [3.05, 3.63) is 65.2 Å². The first-order valence-electron chi connectivity index (χ1n) is 8.47. The van der Waals surface area contributed by atoms with Crippen LogP contribution in [-0.2, 0) is 13.0 Å². The number of carbonyl (C=O) groups excluding carboxylic acids is 1. The molecule has 0 saturated carbocycles. The minimum Gasteiger partial charge on any atom is -0.495 e. The van der Waals surface area contributed by atoms with E-state index < -0.39 is 0 Å². The highest BCUT2D eigenvalue weighted by molar-refractivity contribution is 7.15. The van der Waals surface area contributed by atoms with Gasteiger partial charge in [-0.2, -0.15) is 0 Å². The van der Waals surface area contributed by atoms with Crippen molar-refractivity contribution in [2.45, 2.75) is 13.0 Å². The van der Waals surface area contributed by atoms with E-state index in [-0.39, 0.29) is 6.03 Å². The molecule has 4 rings (SSSR count). The number of anilines is 1. The number of para-hydroxylation sites is 2. The van der Waals surface area contributed by atoms with Crippen LogP contribution in [-0.4, -0.2) is 29.6 Å². The second kappa shape index (κ2) is 7.17. The molecular weight excluding hydrogens is 346 g/mol. The van der Waals surface area contributed by atoms with Gasteiger partial charge in [0.15, 0.2) is 0 Å². The molecule has 2 amide bonds. The highest BCUT2D eigenvalue weighted by Gasteiger charge is 2.25. The maximum absolute atomic E-state index is 12.7. The van der Waals surface area contributed by atoms with Crippen LogP contribution in [0.2, 0.25) is 0 Å². The van der Waals surface area contributed by atoms with Crippen molar-refractivity contribution in [3.63, 3.8) is 0 Å². The largest absolute Gasteiger partial charge is 0.495 e. The van der Waals surface area contributed by atoms with Crippen molar-refractivity contribution in [2.75, 3.05) is 19.0 Å². The molecule has 0 aliphatic carbocycles. The van der Waals surface area contributed by atoms with E-state index in [1.54, 1.807) is 18.4 Å². The quantitative estimate of drug-likeness (QED) is 0.748. The van der Waals surface area contributed by atoms with E-state index >= 15 is 0 Å². The van der Waals surface area contributed by atoms with E-state index in [1.165, 1.54) is 0 Å². The SMILES string of the molecule is COc1ccccc1NC(=O)N1CCc2nc(-c3ccccc3)sc2C1. The standard InChI is InChI=1S/C20H19N3O2S/c1-25-17-10-6-5-9-15(17)22-20(24)23-12-11-16-18(13-23)26-19(21-16)14-7-3-2-4-8-14/h2-10H,11-13H2,1H3,(H,22,24). The number of benzene rings is 2. The number of amides is 2. The summed E-state index contributed by atoms with van der Waals surface area (Å²) < 4.78 is 5.30. The zero-order chi connectivity index (χ0) is 17.9. The van der Waals surface area contributed by atoms with E-state index in [4.69, 9.17) is 9.72 Å². The van der Waals surface area contributed by atoms with Gasteiger partial charge in [-0.1, -0.05) is 42.5 Å². The Morgan fingerprint density at radius 1 is 1.15 bits per heavy atom. The molecule has 0 fully saturated rings. The molecule has 0 spiro atoms. The van der Waals surface area contributed by atoms with Crippen LogP contribution in [0.3, 0.4) is 0 Å². The normalized spacial score (nSPS) is 13.2. The van der Waals surface area contributed by atoms with Crippen LogP contribution in [0.1, 0.15) is 10.6 Å². The predicted molar refractivity (Wildman–Crippen MR) is 104 cm³/mol. The number of carbonyl (C=O) groups is 1. The number of nitrogens with one attached hydrogen (secondary N) is 1. The maximum Gasteiger partial charge on any atom is 0.322 e. The van der Waals surface area contributed by atoms with Crippen LogP contribution in [0, 0.1) is 0 Å². The Morgan fingerprint density at radius 2 is 1.92 bits per heavy atom. The molecule has 1 aliphatic heterocycles. The van der Waals surface area contributed by atoms with E-state index in [0.717, 1.165) is 27.6 Å². The summed E-state index contributed by atoms with van der Waals surface area (Å²) in [5.41, 5.74) is 2.91. The van der Waals surface area contributed by atoms with Crippen molar-refractivity contribution in [1.29, 1.82) is 0 Å². The number of ether oxygens (including phenoxy) is 1. The molecule has 1 aromatic heterocycles. The van der Waals surface area contributed by atoms with Gasteiger partial charge < -0.3 is 15.0 Å². The molecule has 1 N–H and O–H groups in total. The lowest BCUT2D eigenvalue weighted by atomic mass is 10.2. The Hall–Kier alpha value is -2.86. The summed E-state index contributed by atoms with van der Waals surface area (Å²) in [5, 5.41) is 3.96. The number of fused-ring (bicyclic) bond motifs is 1. The Kier molecular flexibility index (Phi) is 4.58. The zero-order valence-corrected chi connectivity index (χ0v) is 15.3. The molecule has 0 unspecified atom stereocenters. The smallest absolute Gasteiger partial charge is 0.322 e. The third kappa shape index (κ3) is 3.28. The lowest BCUT2D eigenvalue weighted by molar-refractivity contribution is 0.206. The van der Waals surface area contributed by atoms with E-state index in [9.17, 15) is 4.79 Å². The molecule has 132 valence electrons. The van der Waals surface area contributed by atoms with Gasteiger partial charge in [0.25, 0.3) is 0 Å². The first-order valence-corrected chi connectivity index (χ1v) is 9.29. The fraction of sp³-hybridized carbons (Fsp3) is 0.200. The number of hydrogen-bond acceptors (Lipinski definition) is 4. The molecule has 0 radical (unpaired) electrons. The van der Waals surface area contributed by atoms with Gasteiger partial charge >= 0.3 is 6.03 Å². The Bertz CT molecular complexity index is 924. The van der Waals surface area contributed by atoms with Crippen LogP contribution in [0.4, 0.5) is 10.5 Å². The third-order valence-electron chi connectivity index (χ3n) is 4.39. The highest BCUT2D eigenvalue weighted by Crippen LogP contribution is 2.32. The first-order chi connectivity index (χ1) is 12.7. The lowest BCUT2D eigenvalue weighted by Crippen LogP contribution is -2.38. The maximum atomic E-state index is 12.7. The average molecular weight is 365 g/mol. The van der Waals surface area contributed by atoms with Gasteiger partial charge in [-0.15, -0.1) is 11.3 Å². The Balaban J connectivity index is 1.50. The minimum absolute atomic E-state index is 0.116. The molecular formula is C20H19N3O2S. The topological polar surface area (TPSA) is 54.5 Å². The van der Waals surface area contributed by atoms with Gasteiger partial charge in [-0.3, -0.25) is 0 Å². The van der Waals surface area contributed by atoms with Gasteiger partial charge in [-0.25, -0.2) is 9.78 Å². The van der Waals surface area contributed by atoms with Crippen molar-refractivity contribution in [1.82, 2.24) is 9.88 Å².